The molecule has 0 atom stereocenters. The second kappa shape index (κ2) is 8.61. The predicted octanol–water partition coefficient (Wildman–Crippen LogP) is 3.36. The molecule has 1 saturated heterocycles. The van der Waals surface area contributed by atoms with E-state index in [2.05, 4.69) is 5.32 Å². The van der Waals surface area contributed by atoms with E-state index in [1.54, 1.807) is 18.2 Å². The fourth-order valence-corrected chi connectivity index (χ4v) is 3.04. The zero-order valence-electron chi connectivity index (χ0n) is 12.8. The van der Waals surface area contributed by atoms with Crippen molar-refractivity contribution in [2.45, 2.75) is 31.7 Å². The number of halogens is 2. The highest BCUT2D eigenvalue weighted by Gasteiger charge is 2.21. The number of hydrogen-bond acceptors (Lipinski definition) is 3. The van der Waals surface area contributed by atoms with Gasteiger partial charge >= 0.3 is 0 Å². The Balaban J connectivity index is 1.67. The molecule has 1 aromatic rings. The van der Waals surface area contributed by atoms with Crippen molar-refractivity contribution in [2.24, 2.45) is 0 Å². The van der Waals surface area contributed by atoms with Crippen molar-refractivity contribution < 1.29 is 9.53 Å². The monoisotopic (exact) mass is 344 g/mol. The number of nitrogens with zero attached hydrogens (tertiary/aromatic N) is 1. The summed E-state index contributed by atoms with van der Waals surface area (Å²) in [6.45, 7) is 2.16. The fraction of sp³-hybridized carbons (Fsp3) is 0.562. The van der Waals surface area contributed by atoms with Gasteiger partial charge in [-0.2, -0.15) is 0 Å². The quantitative estimate of drug-likeness (QED) is 0.804. The minimum absolute atomic E-state index is 0.209. The van der Waals surface area contributed by atoms with Crippen LogP contribution in [0.25, 0.3) is 0 Å². The van der Waals surface area contributed by atoms with Gasteiger partial charge in [0.2, 0.25) is 5.91 Å². The number of carbonyl (C=O) groups excluding carboxylic acids is 1. The van der Waals surface area contributed by atoms with E-state index in [0.717, 1.165) is 25.9 Å². The van der Waals surface area contributed by atoms with E-state index in [9.17, 15) is 4.79 Å². The summed E-state index contributed by atoms with van der Waals surface area (Å²) in [5.41, 5.74) is 0. The van der Waals surface area contributed by atoms with Crippen molar-refractivity contribution in [1.29, 1.82) is 0 Å². The molecule has 0 saturated carbocycles. The maximum absolute atomic E-state index is 12.1. The predicted molar refractivity (Wildman–Crippen MR) is 89.9 cm³/mol. The van der Waals surface area contributed by atoms with E-state index in [4.69, 9.17) is 27.9 Å². The molecule has 4 nitrogen and oxygen atoms in total. The van der Waals surface area contributed by atoms with Crippen LogP contribution in [0.1, 0.15) is 25.7 Å². The number of ether oxygens (including phenoxy) is 1. The smallest absolute Gasteiger partial charge is 0.222 e. The first kappa shape index (κ1) is 17.4. The molecule has 0 aliphatic carbocycles. The third kappa shape index (κ3) is 5.04. The number of hydrogen-bond donors (Lipinski definition) is 1. The third-order valence-corrected chi connectivity index (χ3v) is 4.47. The Morgan fingerprint density at radius 2 is 2.09 bits per heavy atom. The van der Waals surface area contributed by atoms with E-state index in [0.29, 0.717) is 41.3 Å². The summed E-state index contributed by atoms with van der Waals surface area (Å²) >= 11 is 11.9. The fourth-order valence-electron chi connectivity index (χ4n) is 2.57. The number of piperidine rings is 1. The summed E-state index contributed by atoms with van der Waals surface area (Å²) < 4.78 is 5.59. The molecule has 2 rings (SSSR count). The molecule has 6 heteroatoms. The van der Waals surface area contributed by atoms with Crippen LogP contribution in [-0.4, -0.2) is 43.6 Å². The molecule has 1 aliphatic heterocycles. The first-order valence-corrected chi connectivity index (χ1v) is 8.38. The average molecular weight is 345 g/mol. The zero-order chi connectivity index (χ0) is 15.9. The number of nitrogens with one attached hydrogen (secondary N) is 1. The van der Waals surface area contributed by atoms with Crippen LogP contribution >= 0.6 is 23.2 Å². The molecule has 0 radical (unpaired) electrons. The first-order chi connectivity index (χ1) is 10.6. The molecule has 0 bridgehead atoms. The summed E-state index contributed by atoms with van der Waals surface area (Å²) in [6.07, 6.45) is 3.25. The summed E-state index contributed by atoms with van der Waals surface area (Å²) in [5.74, 6) is 0.814. The molecule has 0 spiro atoms. The summed E-state index contributed by atoms with van der Waals surface area (Å²) in [7, 11) is 1.97. The molecule has 22 heavy (non-hydrogen) atoms. The van der Waals surface area contributed by atoms with E-state index >= 15 is 0 Å². The summed E-state index contributed by atoms with van der Waals surface area (Å²) in [6, 6.07) is 5.67. The Hall–Kier alpha value is -0.970. The Labute approximate surface area is 141 Å². The van der Waals surface area contributed by atoms with Gasteiger partial charge in [0.1, 0.15) is 5.75 Å². The van der Waals surface area contributed by atoms with Gasteiger partial charge in [-0.05, 0) is 44.5 Å². The molecule has 1 heterocycles. The van der Waals surface area contributed by atoms with Crippen molar-refractivity contribution in [3.8, 4) is 5.75 Å². The molecule has 1 aromatic carbocycles. The van der Waals surface area contributed by atoms with Crippen molar-refractivity contribution in [3.63, 3.8) is 0 Å². The zero-order valence-corrected chi connectivity index (χ0v) is 14.3. The van der Waals surface area contributed by atoms with Gasteiger partial charge in [-0.15, -0.1) is 0 Å². The van der Waals surface area contributed by atoms with Gasteiger partial charge in [0.05, 0.1) is 11.6 Å². The van der Waals surface area contributed by atoms with E-state index in [1.165, 1.54) is 0 Å². The third-order valence-electron chi connectivity index (χ3n) is 3.94. The molecule has 1 fully saturated rings. The average Bonchev–Trinajstić information content (AvgIpc) is 2.53. The van der Waals surface area contributed by atoms with Crippen LogP contribution in [0, 0.1) is 0 Å². The maximum atomic E-state index is 12.1. The van der Waals surface area contributed by atoms with Crippen LogP contribution in [0.2, 0.25) is 10.0 Å². The van der Waals surface area contributed by atoms with Crippen molar-refractivity contribution in [3.05, 3.63) is 28.2 Å². The normalized spacial score (nSPS) is 15.9. The van der Waals surface area contributed by atoms with Gasteiger partial charge in [0, 0.05) is 30.6 Å². The van der Waals surface area contributed by atoms with Crippen LogP contribution in [0.3, 0.4) is 0 Å². The Morgan fingerprint density at radius 3 is 2.73 bits per heavy atom. The minimum Gasteiger partial charge on any atom is -0.492 e. The molecule has 122 valence electrons. The van der Waals surface area contributed by atoms with Crippen LogP contribution in [0.4, 0.5) is 0 Å². The lowest BCUT2D eigenvalue weighted by molar-refractivity contribution is -0.132. The van der Waals surface area contributed by atoms with Gasteiger partial charge in [-0.1, -0.05) is 23.2 Å². The Kier molecular flexibility index (Phi) is 6.80. The second-order valence-electron chi connectivity index (χ2n) is 5.47. The lowest BCUT2D eigenvalue weighted by Gasteiger charge is -2.31. The number of amides is 1. The van der Waals surface area contributed by atoms with Crippen molar-refractivity contribution in [1.82, 2.24) is 10.2 Å². The Bertz CT molecular complexity index is 503. The standard InChI is InChI=1S/C16H22Cl2N2O2/c1-19-13-6-8-20(9-7-13)16(21)3-2-10-22-15-5-4-12(17)11-14(15)18/h4-5,11,13,19H,2-3,6-10H2,1H3. The number of benzene rings is 1. The lowest BCUT2D eigenvalue weighted by atomic mass is 10.0. The molecule has 0 unspecified atom stereocenters. The first-order valence-electron chi connectivity index (χ1n) is 7.63. The highest BCUT2D eigenvalue weighted by Crippen LogP contribution is 2.27. The topological polar surface area (TPSA) is 41.6 Å². The summed E-state index contributed by atoms with van der Waals surface area (Å²) in [4.78, 5) is 14.1. The van der Waals surface area contributed by atoms with Crippen molar-refractivity contribution in [2.75, 3.05) is 26.7 Å². The van der Waals surface area contributed by atoms with Crippen molar-refractivity contribution >= 4 is 29.1 Å². The van der Waals surface area contributed by atoms with E-state index < -0.39 is 0 Å². The minimum atomic E-state index is 0.209. The highest BCUT2D eigenvalue weighted by atomic mass is 35.5. The SMILES string of the molecule is CNC1CCN(C(=O)CCCOc2ccc(Cl)cc2Cl)CC1. The van der Waals surface area contributed by atoms with Gasteiger partial charge in [-0.3, -0.25) is 4.79 Å². The Morgan fingerprint density at radius 1 is 1.36 bits per heavy atom. The second-order valence-corrected chi connectivity index (χ2v) is 6.31. The number of rotatable bonds is 6. The van der Waals surface area contributed by atoms with Crippen LogP contribution in [0.15, 0.2) is 18.2 Å². The molecule has 0 aromatic heterocycles. The molecular formula is C16H22Cl2N2O2. The molecule has 1 aliphatic rings. The maximum Gasteiger partial charge on any atom is 0.222 e. The molecule has 1 N–H and O–H groups in total. The van der Waals surface area contributed by atoms with E-state index in [-0.39, 0.29) is 5.91 Å². The lowest BCUT2D eigenvalue weighted by Crippen LogP contribution is -2.43. The number of likely N-dealkylation sites (tertiary alicyclic amines) is 1. The van der Waals surface area contributed by atoms with Gasteiger partial charge in [0.15, 0.2) is 0 Å². The highest BCUT2D eigenvalue weighted by molar-refractivity contribution is 6.35. The van der Waals surface area contributed by atoms with E-state index in [1.807, 2.05) is 11.9 Å². The van der Waals surface area contributed by atoms with Gasteiger partial charge in [0.25, 0.3) is 0 Å². The molecule has 1 amide bonds. The molecular weight excluding hydrogens is 323 g/mol. The van der Waals surface area contributed by atoms with Crippen LogP contribution in [0.5, 0.6) is 5.75 Å². The van der Waals surface area contributed by atoms with Crippen LogP contribution < -0.4 is 10.1 Å². The van der Waals surface area contributed by atoms with Gasteiger partial charge in [-0.25, -0.2) is 0 Å². The number of carbonyl (C=O) groups is 1. The summed E-state index contributed by atoms with van der Waals surface area (Å²) in [5, 5.41) is 4.34. The van der Waals surface area contributed by atoms with Crippen LogP contribution in [-0.2, 0) is 4.79 Å². The largest absolute Gasteiger partial charge is 0.492 e. The van der Waals surface area contributed by atoms with Gasteiger partial charge < -0.3 is 15.0 Å².